The van der Waals surface area contributed by atoms with Crippen molar-refractivity contribution < 1.29 is 4.92 Å². The molecular formula is C15H24N4O2. The number of piperazine rings is 1. The molecule has 1 aromatic rings. The number of benzene rings is 1. The van der Waals surface area contributed by atoms with E-state index in [0.717, 1.165) is 51.3 Å². The van der Waals surface area contributed by atoms with Gasteiger partial charge in [-0.1, -0.05) is 19.1 Å². The van der Waals surface area contributed by atoms with Crippen LogP contribution in [0.15, 0.2) is 18.2 Å². The summed E-state index contributed by atoms with van der Waals surface area (Å²) in [6.07, 6.45) is 0.944. The highest BCUT2D eigenvalue weighted by Crippen LogP contribution is 2.29. The Balaban J connectivity index is 2.17. The minimum absolute atomic E-state index is 0.176. The van der Waals surface area contributed by atoms with Gasteiger partial charge in [-0.15, -0.1) is 0 Å². The number of nitro groups is 1. The topological polar surface area (TPSA) is 61.6 Å². The van der Waals surface area contributed by atoms with Gasteiger partial charge >= 0.3 is 0 Å². The van der Waals surface area contributed by atoms with E-state index in [1.54, 1.807) is 12.1 Å². The Morgan fingerprint density at radius 3 is 2.62 bits per heavy atom. The predicted octanol–water partition coefficient (Wildman–Crippen LogP) is 2.16. The SMILES string of the molecule is CCCNc1c(CN2CCN(C)CC2)cccc1[N+](=O)[O-]. The second-order valence-electron chi connectivity index (χ2n) is 5.57. The number of rotatable bonds is 6. The van der Waals surface area contributed by atoms with Gasteiger partial charge in [0.1, 0.15) is 5.69 Å². The van der Waals surface area contributed by atoms with Crippen LogP contribution in [-0.4, -0.2) is 54.5 Å². The monoisotopic (exact) mass is 292 g/mol. The van der Waals surface area contributed by atoms with Crippen LogP contribution >= 0.6 is 0 Å². The Hall–Kier alpha value is -1.66. The molecule has 6 heteroatoms. The van der Waals surface area contributed by atoms with Crippen molar-refractivity contribution in [2.24, 2.45) is 0 Å². The summed E-state index contributed by atoms with van der Waals surface area (Å²) in [7, 11) is 2.12. The first-order valence-corrected chi connectivity index (χ1v) is 7.53. The Morgan fingerprint density at radius 2 is 2.00 bits per heavy atom. The van der Waals surface area contributed by atoms with Crippen molar-refractivity contribution in [1.29, 1.82) is 0 Å². The quantitative estimate of drug-likeness (QED) is 0.643. The molecule has 1 aliphatic rings. The molecule has 21 heavy (non-hydrogen) atoms. The lowest BCUT2D eigenvalue weighted by Gasteiger charge is -2.32. The van der Waals surface area contributed by atoms with Crippen LogP contribution in [0.5, 0.6) is 0 Å². The number of hydrogen-bond donors (Lipinski definition) is 1. The van der Waals surface area contributed by atoms with Crippen LogP contribution in [0.2, 0.25) is 0 Å². The third kappa shape index (κ3) is 4.15. The number of hydrogen-bond acceptors (Lipinski definition) is 5. The summed E-state index contributed by atoms with van der Waals surface area (Å²) < 4.78 is 0. The van der Waals surface area contributed by atoms with Gasteiger partial charge in [-0.3, -0.25) is 15.0 Å². The Bertz CT molecular complexity index is 485. The smallest absolute Gasteiger partial charge is 0.292 e. The van der Waals surface area contributed by atoms with Crippen molar-refractivity contribution in [2.75, 3.05) is 45.1 Å². The van der Waals surface area contributed by atoms with Gasteiger partial charge in [-0.2, -0.15) is 0 Å². The van der Waals surface area contributed by atoms with Crippen LogP contribution in [0, 0.1) is 10.1 Å². The lowest BCUT2D eigenvalue weighted by molar-refractivity contribution is -0.384. The van der Waals surface area contributed by atoms with Gasteiger partial charge in [0.25, 0.3) is 5.69 Å². The maximum atomic E-state index is 11.2. The highest BCUT2D eigenvalue weighted by atomic mass is 16.6. The highest BCUT2D eigenvalue weighted by molar-refractivity contribution is 5.66. The molecular weight excluding hydrogens is 268 g/mol. The fourth-order valence-corrected chi connectivity index (χ4v) is 2.57. The number of anilines is 1. The lowest BCUT2D eigenvalue weighted by Crippen LogP contribution is -2.43. The third-order valence-corrected chi connectivity index (χ3v) is 3.87. The summed E-state index contributed by atoms with van der Waals surface area (Å²) >= 11 is 0. The molecule has 0 spiro atoms. The van der Waals surface area contributed by atoms with Crippen molar-refractivity contribution in [1.82, 2.24) is 9.80 Å². The molecule has 0 unspecified atom stereocenters. The summed E-state index contributed by atoms with van der Waals surface area (Å²) in [5, 5.41) is 14.5. The molecule has 0 radical (unpaired) electrons. The number of nitrogens with zero attached hydrogens (tertiary/aromatic N) is 3. The second-order valence-corrected chi connectivity index (χ2v) is 5.57. The normalized spacial score (nSPS) is 16.9. The van der Waals surface area contributed by atoms with Crippen LogP contribution in [0.1, 0.15) is 18.9 Å². The minimum Gasteiger partial charge on any atom is -0.379 e. The number of nitrogens with one attached hydrogen (secondary N) is 1. The number of para-hydroxylation sites is 1. The first-order valence-electron chi connectivity index (χ1n) is 7.53. The van der Waals surface area contributed by atoms with Crippen LogP contribution in [0.25, 0.3) is 0 Å². The van der Waals surface area contributed by atoms with Crippen molar-refractivity contribution in [3.8, 4) is 0 Å². The van der Waals surface area contributed by atoms with Crippen molar-refractivity contribution >= 4 is 11.4 Å². The van der Waals surface area contributed by atoms with Gasteiger partial charge in [0.15, 0.2) is 0 Å². The summed E-state index contributed by atoms with van der Waals surface area (Å²) in [4.78, 5) is 15.6. The molecule has 0 aliphatic carbocycles. The van der Waals surface area contributed by atoms with E-state index in [-0.39, 0.29) is 10.6 Å². The minimum atomic E-state index is -0.300. The molecule has 2 rings (SSSR count). The van der Waals surface area contributed by atoms with Gasteiger partial charge in [0.2, 0.25) is 0 Å². The standard InChI is InChI=1S/C15H24N4O2/c1-3-7-16-15-13(5-4-6-14(15)19(20)21)12-18-10-8-17(2)9-11-18/h4-6,16H,3,7-12H2,1-2H3. The van der Waals surface area contributed by atoms with Gasteiger partial charge in [-0.25, -0.2) is 0 Å². The van der Waals surface area contributed by atoms with Gasteiger partial charge in [0, 0.05) is 45.3 Å². The first kappa shape index (κ1) is 15.7. The van der Waals surface area contributed by atoms with E-state index in [1.165, 1.54) is 0 Å². The van der Waals surface area contributed by atoms with E-state index >= 15 is 0 Å². The average molecular weight is 292 g/mol. The van der Waals surface area contributed by atoms with Crippen LogP contribution in [0.4, 0.5) is 11.4 Å². The fourth-order valence-electron chi connectivity index (χ4n) is 2.57. The molecule has 0 aromatic heterocycles. The largest absolute Gasteiger partial charge is 0.379 e. The fraction of sp³-hybridized carbons (Fsp3) is 0.600. The molecule has 116 valence electrons. The maximum absolute atomic E-state index is 11.2. The van der Waals surface area contributed by atoms with Crippen molar-refractivity contribution in [2.45, 2.75) is 19.9 Å². The highest BCUT2D eigenvalue weighted by Gasteiger charge is 2.20. The second kappa shape index (κ2) is 7.38. The molecule has 1 N–H and O–H groups in total. The van der Waals surface area contributed by atoms with Crippen LogP contribution < -0.4 is 5.32 Å². The van der Waals surface area contributed by atoms with Gasteiger partial charge in [0.05, 0.1) is 4.92 Å². The van der Waals surface area contributed by atoms with Crippen LogP contribution in [-0.2, 0) is 6.54 Å². The number of nitro benzene ring substituents is 1. The number of likely N-dealkylation sites (N-methyl/N-ethyl adjacent to an activating group) is 1. The molecule has 1 aliphatic heterocycles. The molecule has 1 aromatic carbocycles. The average Bonchev–Trinajstić information content (AvgIpc) is 2.48. The van der Waals surface area contributed by atoms with Crippen molar-refractivity contribution in [3.05, 3.63) is 33.9 Å². The molecule has 0 atom stereocenters. The van der Waals surface area contributed by atoms with E-state index in [0.29, 0.717) is 5.69 Å². The molecule has 0 saturated carbocycles. The molecule has 0 bridgehead atoms. The first-order chi connectivity index (χ1) is 10.1. The molecule has 1 saturated heterocycles. The van der Waals surface area contributed by atoms with E-state index in [1.807, 2.05) is 6.07 Å². The lowest BCUT2D eigenvalue weighted by atomic mass is 10.1. The van der Waals surface area contributed by atoms with Gasteiger partial charge < -0.3 is 10.2 Å². The summed E-state index contributed by atoms with van der Waals surface area (Å²) in [6.45, 7) is 7.68. The zero-order valence-corrected chi connectivity index (χ0v) is 12.8. The Morgan fingerprint density at radius 1 is 1.29 bits per heavy atom. The van der Waals surface area contributed by atoms with Crippen LogP contribution in [0.3, 0.4) is 0 Å². The van der Waals surface area contributed by atoms with Gasteiger partial charge in [-0.05, 0) is 19.0 Å². The summed E-state index contributed by atoms with van der Waals surface area (Å²) in [5.41, 5.74) is 1.88. The van der Waals surface area contributed by atoms with E-state index in [2.05, 4.69) is 29.1 Å². The zero-order chi connectivity index (χ0) is 15.2. The molecule has 1 fully saturated rings. The van der Waals surface area contributed by atoms with E-state index in [9.17, 15) is 10.1 Å². The van der Waals surface area contributed by atoms with E-state index in [4.69, 9.17) is 0 Å². The third-order valence-electron chi connectivity index (χ3n) is 3.87. The Kier molecular flexibility index (Phi) is 5.52. The molecule has 0 amide bonds. The summed E-state index contributed by atoms with van der Waals surface area (Å²) in [6, 6.07) is 5.34. The zero-order valence-electron chi connectivity index (χ0n) is 12.8. The van der Waals surface area contributed by atoms with E-state index < -0.39 is 0 Å². The summed E-state index contributed by atoms with van der Waals surface area (Å²) in [5.74, 6) is 0. The molecule has 1 heterocycles. The predicted molar refractivity (Wildman–Crippen MR) is 84.7 cm³/mol. The maximum Gasteiger partial charge on any atom is 0.292 e. The Labute approximate surface area is 125 Å². The molecule has 6 nitrogen and oxygen atoms in total. The van der Waals surface area contributed by atoms with Crippen molar-refractivity contribution in [3.63, 3.8) is 0 Å².